The van der Waals surface area contributed by atoms with E-state index in [0.717, 1.165) is 0 Å². The summed E-state index contributed by atoms with van der Waals surface area (Å²) in [6.07, 6.45) is 0. The molecule has 0 heterocycles. The van der Waals surface area contributed by atoms with Crippen molar-refractivity contribution in [3.8, 4) is 0 Å². The van der Waals surface area contributed by atoms with Gasteiger partial charge in [0.25, 0.3) is 10.2 Å². The van der Waals surface area contributed by atoms with Crippen LogP contribution in [0.5, 0.6) is 0 Å². The molecule has 0 aromatic rings. The van der Waals surface area contributed by atoms with E-state index in [1.165, 1.54) is 4.31 Å². The first-order valence-electron chi connectivity index (χ1n) is 8.87. The lowest BCUT2D eigenvalue weighted by Gasteiger charge is -2.37. The van der Waals surface area contributed by atoms with Crippen LogP contribution in [0.4, 0.5) is 0 Å². The predicted molar refractivity (Wildman–Crippen MR) is 111 cm³/mol. The topological polar surface area (TPSA) is 81.9 Å². The van der Waals surface area contributed by atoms with Crippen LogP contribution in [-0.2, 0) is 19.1 Å². The number of nitrogens with two attached hydrogens (primary N) is 1. The lowest BCUT2D eigenvalue weighted by atomic mass is 10.2. The second kappa shape index (κ2) is 8.49. The molecule has 0 radical (unpaired) electrons. The fourth-order valence-electron chi connectivity index (χ4n) is 1.60. The molecule has 0 aliphatic heterocycles. The van der Waals surface area contributed by atoms with Crippen LogP contribution >= 0.6 is 0 Å². The molecule has 2 N–H and O–H groups in total. The van der Waals surface area contributed by atoms with Gasteiger partial charge in [-0.05, 0) is 36.3 Å². The molecule has 0 fully saturated rings. The molecule has 0 aromatic heterocycles. The normalized spacial score (nSPS) is 15.0. The lowest BCUT2D eigenvalue weighted by molar-refractivity contribution is 0.219. The Morgan fingerprint density at radius 1 is 0.800 bits per heavy atom. The number of hydrogen-bond donors (Lipinski definition) is 1. The molecule has 0 aliphatic rings. The minimum atomic E-state index is -3.77. The summed E-state index contributed by atoms with van der Waals surface area (Å²) in [5, 5.41) is 5.54. The van der Waals surface area contributed by atoms with Crippen molar-refractivity contribution in [2.24, 2.45) is 5.14 Å². The summed E-state index contributed by atoms with van der Waals surface area (Å²) in [4.78, 5) is 0. The molecule has 0 aliphatic carbocycles. The van der Waals surface area contributed by atoms with Crippen LogP contribution in [0.2, 0.25) is 36.3 Å². The van der Waals surface area contributed by atoms with Crippen molar-refractivity contribution in [2.45, 2.75) is 77.8 Å². The Morgan fingerprint density at radius 2 is 1.08 bits per heavy atom. The minimum Gasteiger partial charge on any atom is -0.415 e. The van der Waals surface area contributed by atoms with Gasteiger partial charge in [0, 0.05) is 26.3 Å². The van der Waals surface area contributed by atoms with Crippen LogP contribution in [0.25, 0.3) is 0 Å². The zero-order valence-electron chi connectivity index (χ0n) is 17.9. The van der Waals surface area contributed by atoms with Gasteiger partial charge in [-0.15, -0.1) is 0 Å². The average Bonchev–Trinajstić information content (AvgIpc) is 2.32. The van der Waals surface area contributed by atoms with Gasteiger partial charge in [0.1, 0.15) is 0 Å². The van der Waals surface area contributed by atoms with Gasteiger partial charge >= 0.3 is 0 Å². The molecular weight excluding hydrogens is 372 g/mol. The van der Waals surface area contributed by atoms with E-state index in [1.54, 1.807) is 0 Å². The molecule has 0 amide bonds. The van der Waals surface area contributed by atoms with Crippen LogP contribution in [0, 0.1) is 0 Å². The van der Waals surface area contributed by atoms with E-state index in [1.807, 2.05) is 0 Å². The molecule has 152 valence electrons. The number of rotatable bonds is 9. The van der Waals surface area contributed by atoms with Gasteiger partial charge in [-0.3, -0.25) is 0 Å². The van der Waals surface area contributed by atoms with E-state index in [9.17, 15) is 8.42 Å². The fourth-order valence-corrected chi connectivity index (χ4v) is 4.33. The maximum absolute atomic E-state index is 11.9. The average molecular weight is 413 g/mol. The smallest absolute Gasteiger partial charge is 0.277 e. The molecule has 6 nitrogen and oxygen atoms in total. The zero-order chi connectivity index (χ0) is 20.3. The van der Waals surface area contributed by atoms with Gasteiger partial charge in [-0.2, -0.15) is 12.7 Å². The highest BCUT2D eigenvalue weighted by atomic mass is 32.2. The maximum Gasteiger partial charge on any atom is 0.277 e. The Labute approximate surface area is 157 Å². The van der Waals surface area contributed by atoms with Gasteiger partial charge in [0.05, 0.1) is 0 Å². The number of nitrogens with zero attached hydrogens (tertiary/aromatic N) is 1. The predicted octanol–water partition coefficient (Wildman–Crippen LogP) is 3.54. The number of hydrogen-bond acceptors (Lipinski definition) is 4. The third kappa shape index (κ3) is 8.19. The van der Waals surface area contributed by atoms with Crippen molar-refractivity contribution < 1.29 is 17.3 Å². The van der Waals surface area contributed by atoms with Crippen LogP contribution in [0.15, 0.2) is 0 Å². The van der Waals surface area contributed by atoms with Gasteiger partial charge in [0.2, 0.25) is 0 Å². The quantitative estimate of drug-likeness (QED) is 0.587. The second-order valence-electron chi connectivity index (χ2n) is 9.66. The highest BCUT2D eigenvalue weighted by Crippen LogP contribution is 2.37. The molecule has 0 bridgehead atoms. The summed E-state index contributed by atoms with van der Waals surface area (Å²) in [5.74, 6) is 0. The van der Waals surface area contributed by atoms with Crippen LogP contribution in [0.1, 0.15) is 41.5 Å². The first kappa shape index (κ1) is 25.2. The Balaban J connectivity index is 4.71. The third-order valence-corrected chi connectivity index (χ3v) is 15.7. The SMILES string of the molecule is CC(C)(C)[Si](C)(C)OCCN(CCO[Si](C)(C)C(C)(C)C)S(N)(=O)=O. The van der Waals surface area contributed by atoms with Crippen LogP contribution in [0.3, 0.4) is 0 Å². The first-order chi connectivity index (χ1) is 10.8. The van der Waals surface area contributed by atoms with Gasteiger partial charge < -0.3 is 8.85 Å². The van der Waals surface area contributed by atoms with Gasteiger partial charge in [0.15, 0.2) is 16.6 Å². The van der Waals surface area contributed by atoms with E-state index in [0.29, 0.717) is 13.2 Å². The Morgan fingerprint density at radius 3 is 1.28 bits per heavy atom. The van der Waals surface area contributed by atoms with E-state index in [2.05, 4.69) is 67.7 Å². The lowest BCUT2D eigenvalue weighted by Crippen LogP contribution is -2.47. The van der Waals surface area contributed by atoms with Crippen LogP contribution in [-0.4, -0.2) is 55.7 Å². The van der Waals surface area contributed by atoms with Crippen molar-refractivity contribution >= 4 is 26.8 Å². The molecule has 0 saturated heterocycles. The highest BCUT2D eigenvalue weighted by Gasteiger charge is 2.38. The van der Waals surface area contributed by atoms with Crippen molar-refractivity contribution in [2.75, 3.05) is 26.3 Å². The highest BCUT2D eigenvalue weighted by molar-refractivity contribution is 7.86. The van der Waals surface area contributed by atoms with Crippen molar-refractivity contribution in [3.05, 3.63) is 0 Å². The zero-order valence-corrected chi connectivity index (χ0v) is 20.7. The summed E-state index contributed by atoms with van der Waals surface area (Å²) in [5.41, 5.74) is 0. The molecule has 0 aromatic carbocycles. The molecule has 9 heteroatoms. The van der Waals surface area contributed by atoms with Gasteiger partial charge in [-0.1, -0.05) is 41.5 Å². The monoisotopic (exact) mass is 412 g/mol. The molecule has 0 spiro atoms. The minimum absolute atomic E-state index is 0.0882. The molecule has 25 heavy (non-hydrogen) atoms. The van der Waals surface area contributed by atoms with Crippen molar-refractivity contribution in [3.63, 3.8) is 0 Å². The molecule has 0 rings (SSSR count). The second-order valence-corrected chi connectivity index (χ2v) is 20.8. The van der Waals surface area contributed by atoms with E-state index in [-0.39, 0.29) is 23.2 Å². The van der Waals surface area contributed by atoms with Crippen molar-refractivity contribution in [1.29, 1.82) is 0 Å². The largest absolute Gasteiger partial charge is 0.415 e. The van der Waals surface area contributed by atoms with E-state index < -0.39 is 26.8 Å². The maximum atomic E-state index is 11.9. The van der Waals surface area contributed by atoms with E-state index >= 15 is 0 Å². The Bertz CT molecular complexity index is 491. The summed E-state index contributed by atoms with van der Waals surface area (Å²) in [7, 11) is -7.57. The molecule has 0 unspecified atom stereocenters. The van der Waals surface area contributed by atoms with Crippen LogP contribution < -0.4 is 5.14 Å². The molecular formula is C16H40N2O4SSi2. The summed E-state index contributed by atoms with van der Waals surface area (Å²) in [6.45, 7) is 22.8. The van der Waals surface area contributed by atoms with E-state index in [4.69, 9.17) is 14.0 Å². The summed E-state index contributed by atoms with van der Waals surface area (Å²) < 4.78 is 37.1. The first-order valence-corrected chi connectivity index (χ1v) is 16.2. The third-order valence-electron chi connectivity index (χ3n) is 5.58. The molecule has 0 saturated carbocycles. The van der Waals surface area contributed by atoms with Crippen molar-refractivity contribution in [1.82, 2.24) is 4.31 Å². The summed E-state index contributed by atoms with van der Waals surface area (Å²) >= 11 is 0. The fraction of sp³-hybridized carbons (Fsp3) is 1.00. The van der Waals surface area contributed by atoms with Gasteiger partial charge in [-0.25, -0.2) is 5.14 Å². The standard InChI is InChI=1S/C16H40N2O4SSi2/c1-15(2,3)24(7,8)21-13-11-18(23(17,19)20)12-14-22-25(9,10)16(4,5)6/h11-14H2,1-10H3,(H2,17,19,20). The Hall–Kier alpha value is 0.224. The Kier molecular flexibility index (Phi) is 8.57. The molecule has 0 atom stereocenters. The summed E-state index contributed by atoms with van der Waals surface area (Å²) in [6, 6.07) is 0.